The Morgan fingerprint density at radius 1 is 1.08 bits per heavy atom. The largest absolute Gasteiger partial charge is 0.493 e. The lowest BCUT2D eigenvalue weighted by Crippen LogP contribution is -2.47. The number of rotatable bonds is 6. The van der Waals surface area contributed by atoms with Gasteiger partial charge in [-0.05, 0) is 37.8 Å². The van der Waals surface area contributed by atoms with E-state index >= 15 is 0 Å². The Balaban J connectivity index is 1.42. The first-order valence-corrected chi connectivity index (χ1v) is 9.48. The first-order chi connectivity index (χ1) is 12.2. The predicted octanol–water partition coefficient (Wildman–Crippen LogP) is 2.75. The fourth-order valence-electron chi connectivity index (χ4n) is 3.74. The number of nitrogens with zero attached hydrogens (tertiary/aromatic N) is 1. The van der Waals surface area contributed by atoms with Gasteiger partial charge in [0.1, 0.15) is 5.75 Å². The SMILES string of the molecule is O=C(NC1CCCC1)[C@@H]1CCCN(C(=O)CCOc2ccccc2)C1. The van der Waals surface area contributed by atoms with E-state index in [-0.39, 0.29) is 17.7 Å². The number of carbonyl (C=O) groups is 2. The molecule has 2 fully saturated rings. The Bertz CT molecular complexity index is 570. The van der Waals surface area contributed by atoms with Gasteiger partial charge in [-0.25, -0.2) is 0 Å². The summed E-state index contributed by atoms with van der Waals surface area (Å²) in [5, 5.41) is 3.17. The molecule has 2 aliphatic rings. The van der Waals surface area contributed by atoms with E-state index in [4.69, 9.17) is 4.74 Å². The molecule has 0 unspecified atom stereocenters. The van der Waals surface area contributed by atoms with E-state index in [1.165, 1.54) is 12.8 Å². The lowest BCUT2D eigenvalue weighted by molar-refractivity contribution is -0.136. The average Bonchev–Trinajstić information content (AvgIpc) is 3.15. The first-order valence-electron chi connectivity index (χ1n) is 9.48. The van der Waals surface area contributed by atoms with Gasteiger partial charge in [-0.3, -0.25) is 9.59 Å². The molecular formula is C20H28N2O3. The molecular weight excluding hydrogens is 316 g/mol. The van der Waals surface area contributed by atoms with Crippen LogP contribution in [0.2, 0.25) is 0 Å². The number of piperidine rings is 1. The Kier molecular flexibility index (Phi) is 6.31. The highest BCUT2D eigenvalue weighted by Crippen LogP contribution is 2.21. The second-order valence-corrected chi connectivity index (χ2v) is 7.08. The van der Waals surface area contributed by atoms with Crippen LogP contribution < -0.4 is 10.1 Å². The Labute approximate surface area is 149 Å². The summed E-state index contributed by atoms with van der Waals surface area (Å²) < 4.78 is 5.60. The Morgan fingerprint density at radius 3 is 2.60 bits per heavy atom. The molecule has 0 radical (unpaired) electrons. The van der Waals surface area contributed by atoms with Crippen LogP contribution in [0.25, 0.3) is 0 Å². The quantitative estimate of drug-likeness (QED) is 0.863. The molecule has 0 bridgehead atoms. The molecule has 5 nitrogen and oxygen atoms in total. The van der Waals surface area contributed by atoms with Crippen LogP contribution in [-0.4, -0.2) is 42.5 Å². The molecule has 1 aromatic carbocycles. The van der Waals surface area contributed by atoms with Gasteiger partial charge in [0.15, 0.2) is 0 Å². The van der Waals surface area contributed by atoms with E-state index in [1.54, 1.807) is 0 Å². The Morgan fingerprint density at radius 2 is 1.84 bits per heavy atom. The van der Waals surface area contributed by atoms with Crippen molar-refractivity contribution in [3.05, 3.63) is 30.3 Å². The second kappa shape index (κ2) is 8.88. The van der Waals surface area contributed by atoms with Crippen molar-refractivity contribution in [1.82, 2.24) is 10.2 Å². The van der Waals surface area contributed by atoms with Crippen LogP contribution in [0.3, 0.4) is 0 Å². The third kappa shape index (κ3) is 5.21. The van der Waals surface area contributed by atoms with Crippen molar-refractivity contribution in [1.29, 1.82) is 0 Å². The van der Waals surface area contributed by atoms with Crippen molar-refractivity contribution in [2.24, 2.45) is 5.92 Å². The van der Waals surface area contributed by atoms with Crippen LogP contribution in [-0.2, 0) is 9.59 Å². The van der Waals surface area contributed by atoms with E-state index in [0.29, 0.717) is 25.6 Å². The summed E-state index contributed by atoms with van der Waals surface area (Å²) >= 11 is 0. The Hall–Kier alpha value is -2.04. The maximum atomic E-state index is 12.4. The van der Waals surface area contributed by atoms with Crippen LogP contribution >= 0.6 is 0 Å². The van der Waals surface area contributed by atoms with Crippen molar-refractivity contribution in [3.8, 4) is 5.75 Å². The van der Waals surface area contributed by atoms with Crippen LogP contribution in [0, 0.1) is 5.92 Å². The standard InChI is InChI=1S/C20H28N2O3/c23-19(12-14-25-18-10-2-1-3-11-18)22-13-6-7-16(15-22)20(24)21-17-8-4-5-9-17/h1-3,10-11,16-17H,4-9,12-15H2,(H,21,24)/t16-/m1/s1. The van der Waals surface area contributed by atoms with Crippen molar-refractivity contribution < 1.29 is 14.3 Å². The lowest BCUT2D eigenvalue weighted by atomic mass is 9.96. The predicted molar refractivity (Wildman–Crippen MR) is 96.3 cm³/mol. The van der Waals surface area contributed by atoms with Crippen LogP contribution in [0.5, 0.6) is 5.75 Å². The molecule has 1 aromatic rings. The van der Waals surface area contributed by atoms with Crippen molar-refractivity contribution in [2.75, 3.05) is 19.7 Å². The summed E-state index contributed by atoms with van der Waals surface area (Å²) in [5.41, 5.74) is 0. The molecule has 25 heavy (non-hydrogen) atoms. The first kappa shape index (κ1) is 17.8. The molecule has 2 amide bonds. The van der Waals surface area contributed by atoms with Gasteiger partial charge in [-0.2, -0.15) is 0 Å². The number of nitrogens with one attached hydrogen (secondary N) is 1. The van der Waals surface area contributed by atoms with E-state index in [9.17, 15) is 9.59 Å². The van der Waals surface area contributed by atoms with E-state index < -0.39 is 0 Å². The van der Waals surface area contributed by atoms with Crippen molar-refractivity contribution in [3.63, 3.8) is 0 Å². The zero-order chi connectivity index (χ0) is 17.5. The number of para-hydroxylation sites is 1. The van der Waals surface area contributed by atoms with Crippen LogP contribution in [0.4, 0.5) is 0 Å². The van der Waals surface area contributed by atoms with Gasteiger partial charge in [0.05, 0.1) is 18.9 Å². The summed E-state index contributed by atoms with van der Waals surface area (Å²) in [4.78, 5) is 26.7. The van der Waals surface area contributed by atoms with Crippen molar-refractivity contribution >= 4 is 11.8 Å². The van der Waals surface area contributed by atoms with Gasteiger partial charge in [0, 0.05) is 19.1 Å². The second-order valence-electron chi connectivity index (χ2n) is 7.08. The molecule has 1 aliphatic carbocycles. The summed E-state index contributed by atoms with van der Waals surface area (Å²) in [7, 11) is 0. The smallest absolute Gasteiger partial charge is 0.226 e. The molecule has 1 aliphatic heterocycles. The molecule has 0 spiro atoms. The molecule has 136 valence electrons. The minimum Gasteiger partial charge on any atom is -0.493 e. The number of hydrogen-bond donors (Lipinski definition) is 1. The third-order valence-electron chi connectivity index (χ3n) is 5.17. The summed E-state index contributed by atoms with van der Waals surface area (Å²) in [6.07, 6.45) is 6.74. The number of amides is 2. The maximum Gasteiger partial charge on any atom is 0.226 e. The third-order valence-corrected chi connectivity index (χ3v) is 5.17. The van der Waals surface area contributed by atoms with Gasteiger partial charge in [-0.15, -0.1) is 0 Å². The number of hydrogen-bond acceptors (Lipinski definition) is 3. The van der Waals surface area contributed by atoms with Gasteiger partial charge in [0.2, 0.25) is 11.8 Å². The summed E-state index contributed by atoms with van der Waals surface area (Å²) in [6, 6.07) is 9.87. The molecule has 1 atom stereocenters. The highest BCUT2D eigenvalue weighted by Gasteiger charge is 2.29. The molecule has 5 heteroatoms. The van der Waals surface area contributed by atoms with Gasteiger partial charge < -0.3 is 15.0 Å². The summed E-state index contributed by atoms with van der Waals surface area (Å²) in [6.45, 7) is 1.67. The average molecular weight is 344 g/mol. The van der Waals surface area contributed by atoms with E-state index in [0.717, 1.165) is 38.0 Å². The van der Waals surface area contributed by atoms with E-state index in [2.05, 4.69) is 5.32 Å². The summed E-state index contributed by atoms with van der Waals surface area (Å²) in [5.74, 6) is 0.926. The fraction of sp³-hybridized carbons (Fsp3) is 0.600. The number of ether oxygens (including phenoxy) is 1. The minimum absolute atomic E-state index is 0.0617. The van der Waals surface area contributed by atoms with Gasteiger partial charge in [-0.1, -0.05) is 31.0 Å². The normalized spacial score (nSPS) is 21.1. The number of likely N-dealkylation sites (tertiary alicyclic amines) is 1. The number of benzene rings is 1. The zero-order valence-electron chi connectivity index (χ0n) is 14.8. The monoisotopic (exact) mass is 344 g/mol. The lowest BCUT2D eigenvalue weighted by Gasteiger charge is -2.32. The highest BCUT2D eigenvalue weighted by molar-refractivity contribution is 5.81. The molecule has 1 saturated heterocycles. The molecule has 1 saturated carbocycles. The molecule has 1 N–H and O–H groups in total. The zero-order valence-corrected chi connectivity index (χ0v) is 14.8. The highest BCUT2D eigenvalue weighted by atomic mass is 16.5. The molecule has 0 aromatic heterocycles. The van der Waals surface area contributed by atoms with Crippen molar-refractivity contribution in [2.45, 2.75) is 51.0 Å². The van der Waals surface area contributed by atoms with Crippen LogP contribution in [0.1, 0.15) is 44.9 Å². The topological polar surface area (TPSA) is 58.6 Å². The maximum absolute atomic E-state index is 12.4. The molecule has 3 rings (SSSR count). The molecule has 1 heterocycles. The number of carbonyl (C=O) groups excluding carboxylic acids is 2. The van der Waals surface area contributed by atoms with Gasteiger partial charge in [0.25, 0.3) is 0 Å². The fourth-order valence-corrected chi connectivity index (χ4v) is 3.74. The van der Waals surface area contributed by atoms with Gasteiger partial charge >= 0.3 is 0 Å². The minimum atomic E-state index is -0.0617. The van der Waals surface area contributed by atoms with E-state index in [1.807, 2.05) is 35.2 Å². The van der Waals surface area contributed by atoms with Crippen LogP contribution in [0.15, 0.2) is 30.3 Å².